The average molecular weight is 166 g/mol. The van der Waals surface area contributed by atoms with Crippen molar-refractivity contribution < 1.29 is 4.79 Å². The molecule has 0 fully saturated rings. The fourth-order valence-electron chi connectivity index (χ4n) is 0.681. The van der Waals surface area contributed by atoms with E-state index in [9.17, 15) is 4.79 Å². The summed E-state index contributed by atoms with van der Waals surface area (Å²) < 4.78 is 0. The third-order valence-corrected chi connectivity index (χ3v) is 1.57. The Morgan fingerprint density at radius 2 is 2.27 bits per heavy atom. The molecule has 0 aliphatic rings. The fourth-order valence-corrected chi connectivity index (χ4v) is 0.900. The summed E-state index contributed by atoms with van der Waals surface area (Å²) >= 11 is 5.63. The van der Waals surface area contributed by atoms with Crippen LogP contribution in [-0.4, -0.2) is 6.29 Å². The van der Waals surface area contributed by atoms with Crippen molar-refractivity contribution in [2.75, 3.05) is 0 Å². The summed E-state index contributed by atoms with van der Waals surface area (Å²) in [7, 11) is 0. The Hall–Kier alpha value is -1.33. The van der Waals surface area contributed by atoms with E-state index in [1.54, 1.807) is 6.07 Å². The first-order chi connectivity index (χ1) is 5.27. The molecule has 0 bridgehead atoms. The maximum atomic E-state index is 10.3. The van der Waals surface area contributed by atoms with Crippen molar-refractivity contribution in [1.82, 2.24) is 0 Å². The van der Waals surface area contributed by atoms with Crippen LogP contribution < -0.4 is 0 Å². The molecule has 0 N–H and O–H groups in total. The van der Waals surface area contributed by atoms with Gasteiger partial charge in [-0.05, 0) is 6.07 Å². The molecule has 0 aliphatic carbocycles. The van der Waals surface area contributed by atoms with Gasteiger partial charge in [-0.15, -0.1) is 0 Å². The van der Waals surface area contributed by atoms with Crippen LogP contribution in [0.25, 0.3) is 4.85 Å². The summed E-state index contributed by atoms with van der Waals surface area (Å²) in [5.41, 5.74) is 0.861. The number of halogens is 1. The molecule has 0 atom stereocenters. The first-order valence-electron chi connectivity index (χ1n) is 2.90. The molecule has 0 spiro atoms. The van der Waals surface area contributed by atoms with Crippen molar-refractivity contribution in [2.24, 2.45) is 0 Å². The van der Waals surface area contributed by atoms with E-state index in [1.807, 2.05) is 0 Å². The van der Waals surface area contributed by atoms with Crippen LogP contribution in [0.5, 0.6) is 0 Å². The van der Waals surface area contributed by atoms with E-state index in [4.69, 9.17) is 18.2 Å². The number of nitrogens with zero attached hydrogens (tertiary/aromatic N) is 1. The second kappa shape index (κ2) is 3.18. The standard InChI is InChI=1S/C8H4ClNO/c1-10-7-3-2-6(5-11)8(9)4-7/h2-5H. The first-order valence-corrected chi connectivity index (χ1v) is 3.28. The molecule has 11 heavy (non-hydrogen) atoms. The van der Waals surface area contributed by atoms with Gasteiger partial charge in [-0.3, -0.25) is 4.79 Å². The van der Waals surface area contributed by atoms with Gasteiger partial charge in [0.05, 0.1) is 6.57 Å². The molecule has 0 saturated heterocycles. The Balaban J connectivity index is 3.22. The first kappa shape index (κ1) is 7.77. The normalized spacial score (nSPS) is 8.73. The molecule has 2 nitrogen and oxygen atoms in total. The second-order valence-corrected chi connectivity index (χ2v) is 2.34. The summed E-state index contributed by atoms with van der Waals surface area (Å²) in [5, 5.41) is 0.327. The van der Waals surface area contributed by atoms with Crippen molar-refractivity contribution >= 4 is 23.6 Å². The number of carbonyl (C=O) groups is 1. The largest absolute Gasteiger partial charge is 0.298 e. The average Bonchev–Trinajstić information content (AvgIpc) is 2.04. The van der Waals surface area contributed by atoms with Crippen LogP contribution in [-0.2, 0) is 0 Å². The van der Waals surface area contributed by atoms with Crippen molar-refractivity contribution in [2.45, 2.75) is 0 Å². The van der Waals surface area contributed by atoms with Crippen molar-refractivity contribution in [3.05, 3.63) is 40.2 Å². The van der Waals surface area contributed by atoms with Crippen LogP contribution in [0.2, 0.25) is 5.02 Å². The Kier molecular flexibility index (Phi) is 2.25. The number of rotatable bonds is 1. The molecule has 0 heterocycles. The molecule has 1 rings (SSSR count). The third kappa shape index (κ3) is 1.57. The Labute approximate surface area is 69.2 Å². The Morgan fingerprint density at radius 1 is 1.55 bits per heavy atom. The van der Waals surface area contributed by atoms with Gasteiger partial charge >= 0.3 is 0 Å². The van der Waals surface area contributed by atoms with Gasteiger partial charge in [-0.25, -0.2) is 4.85 Å². The number of benzene rings is 1. The highest BCUT2D eigenvalue weighted by molar-refractivity contribution is 6.33. The van der Waals surface area contributed by atoms with Crippen LogP contribution in [0.4, 0.5) is 5.69 Å². The van der Waals surface area contributed by atoms with Gasteiger partial charge in [0.15, 0.2) is 12.0 Å². The summed E-state index contributed by atoms with van der Waals surface area (Å²) in [6.45, 7) is 6.65. The SMILES string of the molecule is [C-]#[N+]c1ccc(C=O)c(Cl)c1. The maximum absolute atomic E-state index is 10.3. The van der Waals surface area contributed by atoms with Gasteiger partial charge in [0.25, 0.3) is 0 Å². The van der Waals surface area contributed by atoms with Gasteiger partial charge < -0.3 is 0 Å². The lowest BCUT2D eigenvalue weighted by Crippen LogP contribution is -1.78. The smallest absolute Gasteiger partial charge is 0.188 e. The summed E-state index contributed by atoms with van der Waals surface area (Å²) in [5.74, 6) is 0. The quantitative estimate of drug-likeness (QED) is 0.463. The predicted octanol–water partition coefficient (Wildman–Crippen LogP) is 2.70. The van der Waals surface area contributed by atoms with Crippen LogP contribution in [0.15, 0.2) is 18.2 Å². The van der Waals surface area contributed by atoms with Crippen molar-refractivity contribution in [1.29, 1.82) is 0 Å². The molecule has 1 aromatic rings. The van der Waals surface area contributed by atoms with E-state index in [1.165, 1.54) is 12.1 Å². The molecule has 0 unspecified atom stereocenters. The minimum atomic E-state index is 0.327. The number of carbonyl (C=O) groups excluding carboxylic acids is 1. The van der Waals surface area contributed by atoms with Gasteiger partial charge in [-0.2, -0.15) is 0 Å². The minimum absolute atomic E-state index is 0.327. The Bertz CT molecular complexity index is 327. The lowest BCUT2D eigenvalue weighted by molar-refractivity contribution is 0.112. The van der Waals surface area contributed by atoms with Crippen LogP contribution in [0.3, 0.4) is 0 Å². The molecule has 0 saturated carbocycles. The summed E-state index contributed by atoms with van der Waals surface area (Å²) in [4.78, 5) is 13.4. The molecule has 3 heteroatoms. The van der Waals surface area contributed by atoms with Crippen LogP contribution in [0, 0.1) is 6.57 Å². The summed E-state index contributed by atoms with van der Waals surface area (Å²) in [6.07, 6.45) is 0.663. The molecular formula is C8H4ClNO. The highest BCUT2D eigenvalue weighted by atomic mass is 35.5. The van der Waals surface area contributed by atoms with Crippen LogP contribution in [0.1, 0.15) is 10.4 Å². The van der Waals surface area contributed by atoms with Gasteiger partial charge in [-0.1, -0.05) is 23.7 Å². The van der Waals surface area contributed by atoms with E-state index in [0.29, 0.717) is 22.6 Å². The number of hydrogen-bond donors (Lipinski definition) is 0. The fraction of sp³-hybridized carbons (Fsp3) is 0. The number of aldehydes is 1. The molecule has 1 aromatic carbocycles. The molecule has 0 amide bonds. The molecule has 0 radical (unpaired) electrons. The summed E-state index contributed by atoms with van der Waals surface area (Å²) in [6, 6.07) is 4.56. The Morgan fingerprint density at radius 3 is 2.73 bits per heavy atom. The van der Waals surface area contributed by atoms with E-state index in [2.05, 4.69) is 4.85 Å². The van der Waals surface area contributed by atoms with E-state index in [-0.39, 0.29) is 0 Å². The zero-order valence-corrected chi connectivity index (χ0v) is 6.30. The van der Waals surface area contributed by atoms with E-state index < -0.39 is 0 Å². The molecular weight excluding hydrogens is 162 g/mol. The third-order valence-electron chi connectivity index (χ3n) is 1.24. The molecule has 0 aliphatic heterocycles. The zero-order valence-electron chi connectivity index (χ0n) is 5.54. The van der Waals surface area contributed by atoms with Gasteiger partial charge in [0.1, 0.15) is 0 Å². The van der Waals surface area contributed by atoms with Crippen LogP contribution >= 0.6 is 11.6 Å². The predicted molar refractivity (Wildman–Crippen MR) is 43.1 cm³/mol. The monoisotopic (exact) mass is 165 g/mol. The minimum Gasteiger partial charge on any atom is -0.298 e. The zero-order chi connectivity index (χ0) is 8.27. The second-order valence-electron chi connectivity index (χ2n) is 1.94. The highest BCUT2D eigenvalue weighted by Gasteiger charge is 1.98. The topological polar surface area (TPSA) is 21.4 Å². The number of hydrogen-bond acceptors (Lipinski definition) is 1. The maximum Gasteiger partial charge on any atom is 0.188 e. The lowest BCUT2D eigenvalue weighted by Gasteiger charge is -1.94. The van der Waals surface area contributed by atoms with Gasteiger partial charge in [0.2, 0.25) is 0 Å². The van der Waals surface area contributed by atoms with Crippen molar-refractivity contribution in [3.8, 4) is 0 Å². The van der Waals surface area contributed by atoms with Crippen molar-refractivity contribution in [3.63, 3.8) is 0 Å². The van der Waals surface area contributed by atoms with E-state index >= 15 is 0 Å². The highest BCUT2D eigenvalue weighted by Crippen LogP contribution is 2.21. The van der Waals surface area contributed by atoms with E-state index in [0.717, 1.165) is 0 Å². The van der Waals surface area contributed by atoms with Gasteiger partial charge in [0, 0.05) is 10.6 Å². The lowest BCUT2D eigenvalue weighted by atomic mass is 10.2. The molecule has 0 aromatic heterocycles. The molecule has 54 valence electrons.